The van der Waals surface area contributed by atoms with E-state index >= 15 is 0 Å². The van der Waals surface area contributed by atoms with Crippen LogP contribution in [0.3, 0.4) is 0 Å². The summed E-state index contributed by atoms with van der Waals surface area (Å²) in [5.74, 6) is 2.32. The van der Waals surface area contributed by atoms with E-state index in [0.29, 0.717) is 46.4 Å². The molecule has 3 heterocycles. The van der Waals surface area contributed by atoms with Gasteiger partial charge in [0.1, 0.15) is 12.0 Å². The molecule has 8 nitrogen and oxygen atoms in total. The molecule has 0 atom stereocenters. The number of ether oxygens (including phenoxy) is 1. The number of hydrogen-bond donors (Lipinski definition) is 1. The Morgan fingerprint density at radius 3 is 1.44 bits per heavy atom. The first kappa shape index (κ1) is 52.4. The minimum atomic E-state index is -0.438. The van der Waals surface area contributed by atoms with Crippen molar-refractivity contribution >= 4 is 62.3 Å². The van der Waals surface area contributed by atoms with Crippen LogP contribution in [0.2, 0.25) is 15.1 Å². The Hall–Kier alpha value is -6.95. The Morgan fingerprint density at radius 1 is 0.507 bits per heavy atom. The minimum Gasteiger partial charge on any atom is -0.488 e. The second-order valence-electron chi connectivity index (χ2n) is 17.3. The van der Waals surface area contributed by atoms with Gasteiger partial charge >= 0.3 is 0 Å². The number of hydrogen-bond acceptors (Lipinski definition) is 8. The van der Waals surface area contributed by atoms with Gasteiger partial charge in [-0.2, -0.15) is 0 Å². The molecule has 13 heteroatoms. The molecule has 0 amide bonds. The Kier molecular flexibility index (Phi) is 18.8. The van der Waals surface area contributed by atoms with Crippen molar-refractivity contribution in [1.82, 2.24) is 15.0 Å². The van der Waals surface area contributed by atoms with Gasteiger partial charge in [-0.25, -0.2) is 19.3 Å². The Labute approximate surface area is 448 Å². The van der Waals surface area contributed by atoms with E-state index in [0.717, 1.165) is 74.9 Å². The van der Waals surface area contributed by atoms with Gasteiger partial charge in [-0.1, -0.05) is 162 Å². The van der Waals surface area contributed by atoms with Gasteiger partial charge < -0.3 is 23.3 Å². The molecule has 0 spiro atoms. The lowest BCUT2D eigenvalue weighted by Crippen LogP contribution is -2.07. The molecule has 0 bridgehead atoms. The highest BCUT2D eigenvalue weighted by Gasteiger charge is 2.17. The Morgan fingerprint density at radius 2 is 0.945 bits per heavy atom. The molecule has 10 rings (SSSR count). The zero-order valence-corrected chi connectivity index (χ0v) is 43.9. The highest BCUT2D eigenvalue weighted by atomic mass is 79.9. The molecule has 0 radical (unpaired) electrons. The van der Waals surface area contributed by atoms with Crippen LogP contribution in [0.25, 0.3) is 0 Å². The van der Waals surface area contributed by atoms with Crippen molar-refractivity contribution in [2.45, 2.75) is 58.5 Å². The third kappa shape index (κ3) is 16.5. The van der Waals surface area contributed by atoms with E-state index in [1.807, 2.05) is 153 Å². The normalized spacial score (nSPS) is 10.8. The topological polar surface area (TPSA) is 99.3 Å². The van der Waals surface area contributed by atoms with Crippen LogP contribution in [0.1, 0.15) is 82.0 Å². The number of oxazole rings is 3. The van der Waals surface area contributed by atoms with Crippen molar-refractivity contribution in [2.24, 2.45) is 0 Å². The number of nitrogens with zero attached hydrogens (tertiary/aromatic N) is 3. The van der Waals surface area contributed by atoms with Gasteiger partial charge in [0, 0.05) is 65.3 Å². The standard InChI is InChI=1S/C26H24ClFN2O2.C17H13BrClNO.C17H14ClNO/c1-17(2)31-24-13-12-21(16-22(24)28)29-26-23(14-19-8-10-20(27)11-9-19)30-25(32-26)15-18-6-4-3-5-7-18;18-17-15(10-13-6-8-14(19)9-7-13)20-16(21-17)11-12-4-2-1-3-5-12;18-15-8-6-14(7-9-15)10-16-12-20-17(19-16)11-13-4-2-1-3-5-13/h3-13,16-17,29H,14-15H2,1-2H3;1-9H,10-11H2;1-9,12H,10-11H2. The lowest BCUT2D eigenvalue weighted by Gasteiger charge is -2.12. The quantitative estimate of drug-likeness (QED) is 0.102. The molecular formula is C60H51BrCl3FN4O4. The summed E-state index contributed by atoms with van der Waals surface area (Å²) in [6.45, 7) is 3.72. The second-order valence-corrected chi connectivity index (χ2v) is 19.3. The molecule has 0 aliphatic carbocycles. The first-order valence-corrected chi connectivity index (χ1v) is 25.5. The number of rotatable bonds is 16. The highest BCUT2D eigenvalue weighted by molar-refractivity contribution is 9.10. The van der Waals surface area contributed by atoms with Gasteiger partial charge in [-0.3, -0.25) is 0 Å². The van der Waals surface area contributed by atoms with E-state index in [4.69, 9.17) is 57.8 Å². The maximum atomic E-state index is 14.5. The van der Waals surface area contributed by atoms with Crippen molar-refractivity contribution < 1.29 is 22.4 Å². The summed E-state index contributed by atoms with van der Waals surface area (Å²) in [6, 6.07) is 58.3. The molecule has 0 saturated heterocycles. The van der Waals surface area contributed by atoms with Gasteiger partial charge in [-0.15, -0.1) is 0 Å². The molecule has 3 aromatic heterocycles. The molecule has 7 aromatic carbocycles. The van der Waals surface area contributed by atoms with Crippen LogP contribution < -0.4 is 10.1 Å². The molecule has 0 aliphatic rings. The van der Waals surface area contributed by atoms with Crippen molar-refractivity contribution in [3.8, 4) is 5.75 Å². The summed E-state index contributed by atoms with van der Waals surface area (Å²) in [6.07, 6.45) is 5.63. The van der Waals surface area contributed by atoms with Crippen LogP contribution in [0.15, 0.2) is 206 Å². The average molecular weight is 1100 g/mol. The Balaban J connectivity index is 0.000000152. The van der Waals surface area contributed by atoms with E-state index in [2.05, 4.69) is 55.5 Å². The van der Waals surface area contributed by atoms with Gasteiger partial charge in [0.25, 0.3) is 0 Å². The maximum absolute atomic E-state index is 14.5. The van der Waals surface area contributed by atoms with Gasteiger partial charge in [0.05, 0.1) is 17.5 Å². The summed E-state index contributed by atoms with van der Waals surface area (Å²) in [5.41, 5.74) is 10.00. The lowest BCUT2D eigenvalue weighted by atomic mass is 10.1. The maximum Gasteiger partial charge on any atom is 0.221 e. The summed E-state index contributed by atoms with van der Waals surface area (Å²) >= 11 is 21.2. The van der Waals surface area contributed by atoms with Crippen molar-refractivity contribution in [3.63, 3.8) is 0 Å². The van der Waals surface area contributed by atoms with Crippen molar-refractivity contribution in [3.05, 3.63) is 282 Å². The second kappa shape index (κ2) is 26.1. The third-order valence-corrected chi connectivity index (χ3v) is 12.4. The fourth-order valence-electron chi connectivity index (χ4n) is 7.54. The molecule has 0 unspecified atom stereocenters. The molecule has 1 N–H and O–H groups in total. The minimum absolute atomic E-state index is 0.107. The Bertz CT molecular complexity index is 3260. The first-order chi connectivity index (χ1) is 35.5. The molecule has 0 aliphatic heterocycles. The van der Waals surface area contributed by atoms with Gasteiger partial charge in [0.15, 0.2) is 28.0 Å². The average Bonchev–Trinajstić information content (AvgIpc) is 4.10. The molecule has 0 saturated carbocycles. The van der Waals surface area contributed by atoms with Crippen LogP contribution >= 0.6 is 50.7 Å². The predicted octanol–water partition coefficient (Wildman–Crippen LogP) is 17.0. The number of aromatic nitrogens is 3. The van der Waals surface area contributed by atoms with E-state index in [-0.39, 0.29) is 11.9 Å². The monoisotopic (exact) mass is 1090 g/mol. The molecular weight excluding hydrogens is 1050 g/mol. The first-order valence-electron chi connectivity index (χ1n) is 23.6. The van der Waals surface area contributed by atoms with Crippen LogP contribution in [0.5, 0.6) is 5.75 Å². The van der Waals surface area contributed by atoms with E-state index in [1.54, 1.807) is 18.4 Å². The fourth-order valence-corrected chi connectivity index (χ4v) is 8.34. The highest BCUT2D eigenvalue weighted by Crippen LogP contribution is 2.30. The lowest BCUT2D eigenvalue weighted by molar-refractivity contribution is 0.231. The summed E-state index contributed by atoms with van der Waals surface area (Å²) in [7, 11) is 0. The largest absolute Gasteiger partial charge is 0.488 e. The summed E-state index contributed by atoms with van der Waals surface area (Å²) in [5, 5.41) is 5.35. The van der Waals surface area contributed by atoms with E-state index in [9.17, 15) is 4.39 Å². The van der Waals surface area contributed by atoms with Crippen molar-refractivity contribution in [1.29, 1.82) is 0 Å². The molecule has 370 valence electrons. The zero-order valence-electron chi connectivity index (χ0n) is 40.1. The number of anilines is 2. The van der Waals surface area contributed by atoms with E-state index in [1.165, 1.54) is 22.8 Å². The predicted molar refractivity (Wildman–Crippen MR) is 293 cm³/mol. The number of benzene rings is 7. The number of halogens is 5. The zero-order chi connectivity index (χ0) is 50.9. The SMILES string of the molecule is CC(C)Oc1ccc(Nc2oc(Cc3ccccc3)nc2Cc2ccc(Cl)cc2)cc1F.Clc1ccc(Cc2coc(Cc3ccccc3)n2)cc1.Clc1ccc(Cc2nc(Cc3ccccc3)oc2Br)cc1. The van der Waals surface area contributed by atoms with Crippen LogP contribution in [-0.2, 0) is 38.5 Å². The molecule has 0 fully saturated rings. The summed E-state index contributed by atoms with van der Waals surface area (Å²) in [4.78, 5) is 13.8. The third-order valence-electron chi connectivity index (χ3n) is 11.1. The fraction of sp³-hybridized carbons (Fsp3) is 0.150. The van der Waals surface area contributed by atoms with Crippen molar-refractivity contribution in [2.75, 3.05) is 5.32 Å². The summed E-state index contributed by atoms with van der Waals surface area (Å²) < 4.78 is 37.9. The van der Waals surface area contributed by atoms with Gasteiger partial charge in [-0.05, 0) is 112 Å². The van der Waals surface area contributed by atoms with Crippen LogP contribution in [-0.4, -0.2) is 21.1 Å². The van der Waals surface area contributed by atoms with E-state index < -0.39 is 5.82 Å². The molecule has 10 aromatic rings. The van der Waals surface area contributed by atoms with Crippen LogP contribution in [0, 0.1) is 5.82 Å². The number of nitrogens with one attached hydrogen (secondary N) is 1. The smallest absolute Gasteiger partial charge is 0.221 e. The van der Waals surface area contributed by atoms with Crippen LogP contribution in [0.4, 0.5) is 16.0 Å². The molecule has 73 heavy (non-hydrogen) atoms. The van der Waals surface area contributed by atoms with Gasteiger partial charge in [0.2, 0.25) is 11.8 Å².